The maximum atomic E-state index is 6.03. The largest absolute Gasteiger partial charge is 0.337 e. The van der Waals surface area contributed by atoms with E-state index in [1.807, 2.05) is 25.4 Å². The molecule has 2 nitrogen and oxygen atoms in total. The van der Waals surface area contributed by atoms with Gasteiger partial charge in [-0.2, -0.15) is 0 Å². The second-order valence-electron chi connectivity index (χ2n) is 5.44. The SMILES string of the molecule is Cn1cc(-c2ccc(Cl)c(Cl)c2)nc1C(C)(C)C. The maximum absolute atomic E-state index is 6.03. The predicted molar refractivity (Wildman–Crippen MR) is 77.4 cm³/mol. The van der Waals surface area contributed by atoms with E-state index in [1.165, 1.54) is 0 Å². The lowest BCUT2D eigenvalue weighted by Gasteiger charge is -2.17. The smallest absolute Gasteiger partial charge is 0.114 e. The van der Waals surface area contributed by atoms with Crippen molar-refractivity contribution in [3.8, 4) is 11.3 Å². The lowest BCUT2D eigenvalue weighted by Crippen LogP contribution is -2.17. The summed E-state index contributed by atoms with van der Waals surface area (Å²) in [4.78, 5) is 4.68. The average Bonchev–Trinajstić information content (AvgIpc) is 2.64. The van der Waals surface area contributed by atoms with E-state index in [2.05, 4.69) is 30.3 Å². The van der Waals surface area contributed by atoms with Crippen molar-refractivity contribution in [2.24, 2.45) is 7.05 Å². The number of rotatable bonds is 1. The molecule has 0 saturated carbocycles. The van der Waals surface area contributed by atoms with Gasteiger partial charge in [0.05, 0.1) is 15.7 Å². The molecule has 0 saturated heterocycles. The first-order valence-corrected chi connectivity index (χ1v) is 6.54. The summed E-state index contributed by atoms with van der Waals surface area (Å²) in [6, 6.07) is 5.58. The maximum Gasteiger partial charge on any atom is 0.114 e. The van der Waals surface area contributed by atoms with Crippen LogP contribution in [0.15, 0.2) is 24.4 Å². The molecule has 0 aliphatic heterocycles. The normalized spacial score (nSPS) is 11.9. The minimum atomic E-state index is 0.0171. The molecule has 0 unspecified atom stereocenters. The Labute approximate surface area is 118 Å². The standard InChI is InChI=1S/C14H16Cl2N2/c1-14(2,3)13-17-12(8-18(13)4)9-5-6-10(15)11(16)7-9/h5-8H,1-4H3. The Balaban J connectivity index is 2.49. The summed E-state index contributed by atoms with van der Waals surface area (Å²) in [5, 5.41) is 1.12. The molecule has 0 spiro atoms. The van der Waals surface area contributed by atoms with Gasteiger partial charge in [0, 0.05) is 24.2 Å². The van der Waals surface area contributed by atoms with Crippen LogP contribution in [0.4, 0.5) is 0 Å². The summed E-state index contributed by atoms with van der Waals surface area (Å²) < 4.78 is 2.05. The fourth-order valence-electron chi connectivity index (χ4n) is 1.96. The monoisotopic (exact) mass is 282 g/mol. The van der Waals surface area contributed by atoms with Gasteiger partial charge in [0.25, 0.3) is 0 Å². The Hall–Kier alpha value is -0.990. The van der Waals surface area contributed by atoms with Crippen LogP contribution in [-0.4, -0.2) is 9.55 Å². The molecule has 0 aliphatic rings. The van der Waals surface area contributed by atoms with E-state index in [0.717, 1.165) is 17.1 Å². The average molecular weight is 283 g/mol. The lowest BCUT2D eigenvalue weighted by atomic mass is 9.96. The Morgan fingerprint density at radius 2 is 1.78 bits per heavy atom. The first-order chi connectivity index (χ1) is 8.29. The van der Waals surface area contributed by atoms with Crippen molar-refractivity contribution in [3.63, 3.8) is 0 Å². The van der Waals surface area contributed by atoms with Gasteiger partial charge in [0.1, 0.15) is 5.82 Å². The number of halogens is 2. The molecule has 0 N–H and O–H groups in total. The number of nitrogens with zero attached hydrogens (tertiary/aromatic N) is 2. The van der Waals surface area contributed by atoms with Crippen LogP contribution < -0.4 is 0 Å². The van der Waals surface area contributed by atoms with E-state index >= 15 is 0 Å². The van der Waals surface area contributed by atoms with Crippen LogP contribution in [0.3, 0.4) is 0 Å². The highest BCUT2D eigenvalue weighted by Crippen LogP contribution is 2.30. The highest BCUT2D eigenvalue weighted by Gasteiger charge is 2.20. The molecular formula is C14H16Cl2N2. The van der Waals surface area contributed by atoms with Gasteiger partial charge in [0.15, 0.2) is 0 Å². The van der Waals surface area contributed by atoms with Crippen LogP contribution in [-0.2, 0) is 12.5 Å². The second-order valence-corrected chi connectivity index (χ2v) is 6.25. The predicted octanol–water partition coefficient (Wildman–Crippen LogP) is 4.69. The Kier molecular flexibility index (Phi) is 3.43. The van der Waals surface area contributed by atoms with Gasteiger partial charge in [-0.15, -0.1) is 0 Å². The lowest BCUT2D eigenvalue weighted by molar-refractivity contribution is 0.523. The number of hydrogen-bond donors (Lipinski definition) is 0. The molecule has 0 amide bonds. The number of hydrogen-bond acceptors (Lipinski definition) is 1. The van der Waals surface area contributed by atoms with Crippen molar-refractivity contribution in [1.82, 2.24) is 9.55 Å². The van der Waals surface area contributed by atoms with Crippen LogP contribution in [0.1, 0.15) is 26.6 Å². The molecule has 0 radical (unpaired) electrons. The van der Waals surface area contributed by atoms with E-state index < -0.39 is 0 Å². The highest BCUT2D eigenvalue weighted by molar-refractivity contribution is 6.42. The van der Waals surface area contributed by atoms with Crippen molar-refractivity contribution in [1.29, 1.82) is 0 Å². The summed E-state index contributed by atoms with van der Waals surface area (Å²) >= 11 is 12.0. The zero-order valence-corrected chi connectivity index (χ0v) is 12.5. The molecule has 4 heteroatoms. The quantitative estimate of drug-likeness (QED) is 0.742. The minimum Gasteiger partial charge on any atom is -0.337 e. The van der Waals surface area contributed by atoms with Gasteiger partial charge in [-0.25, -0.2) is 4.98 Å². The summed E-state index contributed by atoms with van der Waals surface area (Å²) in [5.41, 5.74) is 1.92. The van der Waals surface area contributed by atoms with E-state index in [1.54, 1.807) is 6.07 Å². The first-order valence-electron chi connectivity index (χ1n) is 5.78. The summed E-state index contributed by atoms with van der Waals surface area (Å²) in [7, 11) is 2.01. The molecule has 96 valence electrons. The van der Waals surface area contributed by atoms with Gasteiger partial charge in [-0.3, -0.25) is 0 Å². The third-order valence-electron chi connectivity index (χ3n) is 2.76. The molecule has 0 fully saturated rings. The van der Waals surface area contributed by atoms with E-state index in [4.69, 9.17) is 23.2 Å². The third-order valence-corrected chi connectivity index (χ3v) is 3.50. The zero-order chi connectivity index (χ0) is 13.5. The fourth-order valence-corrected chi connectivity index (χ4v) is 2.26. The van der Waals surface area contributed by atoms with Gasteiger partial charge < -0.3 is 4.57 Å². The van der Waals surface area contributed by atoms with Gasteiger partial charge >= 0.3 is 0 Å². The van der Waals surface area contributed by atoms with Gasteiger partial charge in [-0.1, -0.05) is 50.0 Å². The molecular weight excluding hydrogens is 267 g/mol. The summed E-state index contributed by atoms with van der Waals surface area (Å²) in [6.45, 7) is 6.44. The van der Waals surface area contributed by atoms with Crippen molar-refractivity contribution in [2.75, 3.05) is 0 Å². The highest BCUT2D eigenvalue weighted by atomic mass is 35.5. The Morgan fingerprint density at radius 3 is 2.28 bits per heavy atom. The fraction of sp³-hybridized carbons (Fsp3) is 0.357. The molecule has 1 aromatic carbocycles. The van der Waals surface area contributed by atoms with Crippen LogP contribution >= 0.6 is 23.2 Å². The summed E-state index contributed by atoms with van der Waals surface area (Å²) in [5.74, 6) is 1.04. The topological polar surface area (TPSA) is 17.8 Å². The Morgan fingerprint density at radius 1 is 1.11 bits per heavy atom. The first kappa shape index (κ1) is 13.4. The van der Waals surface area contributed by atoms with Crippen LogP contribution in [0.25, 0.3) is 11.3 Å². The van der Waals surface area contributed by atoms with Gasteiger partial charge in [-0.05, 0) is 12.1 Å². The molecule has 18 heavy (non-hydrogen) atoms. The number of aryl methyl sites for hydroxylation is 1. The third kappa shape index (κ3) is 2.55. The van der Waals surface area contributed by atoms with Crippen molar-refractivity contribution in [3.05, 3.63) is 40.3 Å². The summed E-state index contributed by atoms with van der Waals surface area (Å²) in [6.07, 6.45) is 2.01. The molecule has 0 bridgehead atoms. The van der Waals surface area contributed by atoms with Crippen LogP contribution in [0.2, 0.25) is 10.0 Å². The number of imidazole rings is 1. The Bertz CT molecular complexity index is 580. The number of aromatic nitrogens is 2. The minimum absolute atomic E-state index is 0.0171. The van der Waals surface area contributed by atoms with Crippen LogP contribution in [0.5, 0.6) is 0 Å². The molecule has 2 rings (SSSR count). The van der Waals surface area contributed by atoms with Crippen molar-refractivity contribution < 1.29 is 0 Å². The second kappa shape index (κ2) is 4.60. The van der Waals surface area contributed by atoms with E-state index in [0.29, 0.717) is 10.0 Å². The van der Waals surface area contributed by atoms with Crippen molar-refractivity contribution >= 4 is 23.2 Å². The number of benzene rings is 1. The molecule has 1 heterocycles. The zero-order valence-electron chi connectivity index (χ0n) is 11.0. The molecule has 0 atom stereocenters. The van der Waals surface area contributed by atoms with E-state index in [-0.39, 0.29) is 5.41 Å². The van der Waals surface area contributed by atoms with E-state index in [9.17, 15) is 0 Å². The van der Waals surface area contributed by atoms with Crippen LogP contribution in [0, 0.1) is 0 Å². The van der Waals surface area contributed by atoms with Crippen molar-refractivity contribution in [2.45, 2.75) is 26.2 Å². The molecule has 1 aromatic heterocycles. The van der Waals surface area contributed by atoms with Gasteiger partial charge in [0.2, 0.25) is 0 Å². The molecule has 0 aliphatic carbocycles. The molecule has 2 aromatic rings.